The second kappa shape index (κ2) is 5.03. The Morgan fingerprint density at radius 2 is 1.89 bits per heavy atom. The zero-order valence-corrected chi connectivity index (χ0v) is 12.5. The fraction of sp³-hybridized carbons (Fsp3) is 0.706. The highest BCUT2D eigenvalue weighted by Gasteiger charge is 2.39. The van der Waals surface area contributed by atoms with Gasteiger partial charge < -0.3 is 0 Å². The zero-order valence-electron chi connectivity index (χ0n) is 12.5. The summed E-state index contributed by atoms with van der Waals surface area (Å²) in [6, 6.07) is 0. The molecule has 100 valence electrons. The Balaban J connectivity index is 2.49. The van der Waals surface area contributed by atoms with E-state index in [4.69, 9.17) is 0 Å². The molecule has 0 spiro atoms. The van der Waals surface area contributed by atoms with Gasteiger partial charge in [0.05, 0.1) is 0 Å². The molecule has 18 heavy (non-hydrogen) atoms. The Morgan fingerprint density at radius 1 is 1.22 bits per heavy atom. The highest BCUT2D eigenvalue weighted by Crippen LogP contribution is 2.47. The molecule has 0 aromatic carbocycles. The maximum absolute atomic E-state index is 12.4. The monoisotopic (exact) mass is 246 g/mol. The standard InChI is InChI=1S/C17H26O/c1-6-13-16(18)9-15-12(5)11(4)7-8-14(15)17(13)10(2)3/h10,14-15H,6-9H2,1-5H3/t14?,15-/m0/s1. The quantitative estimate of drug-likeness (QED) is 0.646. The van der Waals surface area contributed by atoms with Crippen molar-refractivity contribution in [3.05, 3.63) is 22.3 Å². The first-order chi connectivity index (χ1) is 8.47. The van der Waals surface area contributed by atoms with Crippen molar-refractivity contribution in [1.29, 1.82) is 0 Å². The third-order valence-electron chi connectivity index (χ3n) is 5.01. The minimum Gasteiger partial charge on any atom is -0.295 e. The smallest absolute Gasteiger partial charge is 0.159 e. The molecule has 0 aromatic rings. The molecule has 2 aliphatic rings. The average molecular weight is 246 g/mol. The van der Waals surface area contributed by atoms with Crippen molar-refractivity contribution in [2.24, 2.45) is 17.8 Å². The van der Waals surface area contributed by atoms with E-state index in [-0.39, 0.29) is 0 Å². The third-order valence-corrected chi connectivity index (χ3v) is 5.01. The summed E-state index contributed by atoms with van der Waals surface area (Å²) in [6.07, 6.45) is 4.14. The van der Waals surface area contributed by atoms with Crippen LogP contribution in [0.25, 0.3) is 0 Å². The summed E-state index contributed by atoms with van der Waals surface area (Å²) in [7, 11) is 0. The van der Waals surface area contributed by atoms with Crippen molar-refractivity contribution in [3.8, 4) is 0 Å². The third kappa shape index (κ3) is 2.08. The predicted molar refractivity (Wildman–Crippen MR) is 76.4 cm³/mol. The average Bonchev–Trinajstić information content (AvgIpc) is 2.32. The molecule has 1 unspecified atom stereocenters. The molecule has 0 bridgehead atoms. The van der Waals surface area contributed by atoms with Crippen molar-refractivity contribution >= 4 is 5.78 Å². The number of carbonyl (C=O) groups is 1. The summed E-state index contributed by atoms with van der Waals surface area (Å²) in [5.74, 6) is 2.07. The van der Waals surface area contributed by atoms with Crippen LogP contribution < -0.4 is 0 Å². The molecule has 0 fully saturated rings. The Labute approximate surface area is 111 Å². The molecule has 0 saturated heterocycles. The Hall–Kier alpha value is -0.850. The van der Waals surface area contributed by atoms with Crippen LogP contribution in [0, 0.1) is 17.8 Å². The minimum atomic E-state index is 0.413. The van der Waals surface area contributed by atoms with E-state index in [1.165, 1.54) is 29.6 Å². The van der Waals surface area contributed by atoms with E-state index in [0.717, 1.165) is 18.4 Å². The SMILES string of the molecule is CCC1=C(C(C)C)C2CCC(C)=C(C)[C@@H]2CC1=O. The topological polar surface area (TPSA) is 17.1 Å². The van der Waals surface area contributed by atoms with E-state index in [9.17, 15) is 4.79 Å². The summed E-state index contributed by atoms with van der Waals surface area (Å²) < 4.78 is 0. The van der Waals surface area contributed by atoms with Crippen LogP contribution >= 0.6 is 0 Å². The number of carbonyl (C=O) groups excluding carboxylic acids is 1. The van der Waals surface area contributed by atoms with E-state index in [1.54, 1.807) is 0 Å². The molecule has 0 N–H and O–H groups in total. The Kier molecular flexibility index (Phi) is 3.79. The molecule has 0 aliphatic heterocycles. The van der Waals surface area contributed by atoms with Gasteiger partial charge in [-0.05, 0) is 56.4 Å². The number of hydrogen-bond acceptors (Lipinski definition) is 1. The van der Waals surface area contributed by atoms with E-state index in [2.05, 4.69) is 34.6 Å². The molecule has 1 heteroatoms. The van der Waals surface area contributed by atoms with Crippen LogP contribution in [-0.4, -0.2) is 5.78 Å². The second-order valence-electron chi connectivity index (χ2n) is 6.28. The van der Waals surface area contributed by atoms with Crippen LogP contribution in [0.2, 0.25) is 0 Å². The van der Waals surface area contributed by atoms with E-state index < -0.39 is 0 Å². The molecule has 1 nitrogen and oxygen atoms in total. The number of hydrogen-bond donors (Lipinski definition) is 0. The van der Waals surface area contributed by atoms with Gasteiger partial charge in [-0.1, -0.05) is 37.5 Å². The van der Waals surface area contributed by atoms with Gasteiger partial charge in [-0.3, -0.25) is 4.79 Å². The van der Waals surface area contributed by atoms with E-state index in [0.29, 0.717) is 23.5 Å². The van der Waals surface area contributed by atoms with E-state index >= 15 is 0 Å². The van der Waals surface area contributed by atoms with Crippen molar-refractivity contribution in [3.63, 3.8) is 0 Å². The lowest BCUT2D eigenvalue weighted by Gasteiger charge is -2.41. The number of fused-ring (bicyclic) bond motifs is 1. The minimum absolute atomic E-state index is 0.413. The first-order valence-electron chi connectivity index (χ1n) is 7.39. The molecule has 0 amide bonds. The maximum Gasteiger partial charge on any atom is 0.159 e. The van der Waals surface area contributed by atoms with E-state index in [1.807, 2.05) is 0 Å². The Bertz CT molecular complexity index is 423. The van der Waals surface area contributed by atoms with Gasteiger partial charge in [0.1, 0.15) is 0 Å². The second-order valence-corrected chi connectivity index (χ2v) is 6.28. The molecule has 0 heterocycles. The summed E-state index contributed by atoms with van der Waals surface area (Å²) in [5, 5.41) is 0. The van der Waals surface area contributed by atoms with Crippen molar-refractivity contribution in [2.75, 3.05) is 0 Å². The van der Waals surface area contributed by atoms with Gasteiger partial charge in [-0.2, -0.15) is 0 Å². The van der Waals surface area contributed by atoms with Crippen LogP contribution in [0.15, 0.2) is 22.3 Å². The van der Waals surface area contributed by atoms with Crippen LogP contribution in [0.1, 0.15) is 60.3 Å². The van der Waals surface area contributed by atoms with Crippen LogP contribution in [0.5, 0.6) is 0 Å². The molecule has 2 aliphatic carbocycles. The fourth-order valence-corrected chi connectivity index (χ4v) is 3.94. The zero-order chi connectivity index (χ0) is 13.4. The van der Waals surface area contributed by atoms with Crippen LogP contribution in [0.3, 0.4) is 0 Å². The van der Waals surface area contributed by atoms with Gasteiger partial charge in [-0.15, -0.1) is 0 Å². The number of allylic oxidation sites excluding steroid dienone is 4. The molecular weight excluding hydrogens is 220 g/mol. The highest BCUT2D eigenvalue weighted by molar-refractivity contribution is 5.97. The summed E-state index contributed by atoms with van der Waals surface area (Å²) in [4.78, 5) is 12.4. The lowest BCUT2D eigenvalue weighted by atomic mass is 9.63. The van der Waals surface area contributed by atoms with Crippen molar-refractivity contribution in [2.45, 2.75) is 60.3 Å². The van der Waals surface area contributed by atoms with Crippen molar-refractivity contribution < 1.29 is 4.79 Å². The Morgan fingerprint density at radius 3 is 2.44 bits per heavy atom. The van der Waals surface area contributed by atoms with Gasteiger partial charge in [0.15, 0.2) is 5.78 Å². The van der Waals surface area contributed by atoms with Gasteiger partial charge in [0.2, 0.25) is 0 Å². The first-order valence-corrected chi connectivity index (χ1v) is 7.39. The normalized spacial score (nSPS) is 29.1. The number of rotatable bonds is 2. The summed E-state index contributed by atoms with van der Waals surface area (Å²) in [5.41, 5.74) is 5.64. The molecule has 2 rings (SSSR count). The van der Waals surface area contributed by atoms with Gasteiger partial charge in [0.25, 0.3) is 0 Å². The van der Waals surface area contributed by atoms with Crippen LogP contribution in [-0.2, 0) is 4.79 Å². The molecule has 0 radical (unpaired) electrons. The molecular formula is C17H26O. The predicted octanol–water partition coefficient (Wildman–Crippen LogP) is 4.68. The van der Waals surface area contributed by atoms with Crippen LogP contribution in [0.4, 0.5) is 0 Å². The fourth-order valence-electron chi connectivity index (χ4n) is 3.94. The van der Waals surface area contributed by atoms with Crippen molar-refractivity contribution in [1.82, 2.24) is 0 Å². The molecule has 0 saturated carbocycles. The summed E-state index contributed by atoms with van der Waals surface area (Å²) in [6.45, 7) is 11.1. The first kappa shape index (κ1) is 13.6. The number of ketones is 1. The van der Waals surface area contributed by atoms with Gasteiger partial charge in [0, 0.05) is 6.42 Å². The van der Waals surface area contributed by atoms with Gasteiger partial charge in [-0.25, -0.2) is 0 Å². The maximum atomic E-state index is 12.4. The lowest BCUT2D eigenvalue weighted by Crippen LogP contribution is -2.33. The molecule has 2 atom stereocenters. The molecule has 0 aromatic heterocycles. The van der Waals surface area contributed by atoms with Gasteiger partial charge >= 0.3 is 0 Å². The number of Topliss-reactive ketones (excluding diaryl/α,β-unsaturated/α-hetero) is 1. The summed E-state index contributed by atoms with van der Waals surface area (Å²) >= 11 is 0. The highest BCUT2D eigenvalue weighted by atomic mass is 16.1. The lowest BCUT2D eigenvalue weighted by molar-refractivity contribution is -0.117. The largest absolute Gasteiger partial charge is 0.295 e.